The maximum absolute atomic E-state index is 5.84. The summed E-state index contributed by atoms with van der Waals surface area (Å²) < 4.78 is 6.63. The summed E-state index contributed by atoms with van der Waals surface area (Å²) in [4.78, 5) is 4.42. The predicted octanol–water partition coefficient (Wildman–Crippen LogP) is 4.16. The number of anilines is 1. The molecule has 0 amide bonds. The number of hydrogen-bond acceptors (Lipinski definition) is 3. The van der Waals surface area contributed by atoms with Crippen molar-refractivity contribution >= 4 is 32.5 Å². The average Bonchev–Trinajstić information content (AvgIpc) is 2.49. The average molecular weight is 329 g/mol. The Morgan fingerprint density at radius 3 is 2.75 bits per heavy atom. The minimum Gasteiger partial charge on any atom is -0.488 e. The Morgan fingerprint density at radius 2 is 1.85 bits per heavy atom. The Morgan fingerprint density at radius 1 is 1.05 bits per heavy atom. The van der Waals surface area contributed by atoms with Crippen molar-refractivity contribution in [1.82, 2.24) is 4.98 Å². The molecular formula is C16H13BrN2O. The summed E-state index contributed by atoms with van der Waals surface area (Å²) in [6.07, 6.45) is 1.79. The summed E-state index contributed by atoms with van der Waals surface area (Å²) >= 11 is 3.44. The van der Waals surface area contributed by atoms with Gasteiger partial charge in [-0.15, -0.1) is 0 Å². The molecule has 20 heavy (non-hydrogen) atoms. The molecule has 100 valence electrons. The third-order valence-electron chi connectivity index (χ3n) is 3.09. The highest BCUT2D eigenvalue weighted by molar-refractivity contribution is 9.10. The Bertz CT molecular complexity index is 753. The van der Waals surface area contributed by atoms with E-state index in [4.69, 9.17) is 10.5 Å². The summed E-state index contributed by atoms with van der Waals surface area (Å²) in [5.74, 6) is 0.734. The molecule has 0 saturated heterocycles. The predicted molar refractivity (Wildman–Crippen MR) is 84.6 cm³/mol. The highest BCUT2D eigenvalue weighted by atomic mass is 79.9. The van der Waals surface area contributed by atoms with Crippen molar-refractivity contribution in [2.45, 2.75) is 6.61 Å². The van der Waals surface area contributed by atoms with E-state index >= 15 is 0 Å². The summed E-state index contributed by atoms with van der Waals surface area (Å²) in [7, 11) is 0. The van der Waals surface area contributed by atoms with Crippen LogP contribution in [0.1, 0.15) is 5.56 Å². The van der Waals surface area contributed by atoms with E-state index in [1.165, 1.54) is 0 Å². The number of fused-ring (bicyclic) bond motifs is 1. The van der Waals surface area contributed by atoms with E-state index in [1.807, 2.05) is 48.5 Å². The van der Waals surface area contributed by atoms with Gasteiger partial charge in [-0.05, 0) is 34.1 Å². The fourth-order valence-corrected chi connectivity index (χ4v) is 2.46. The topological polar surface area (TPSA) is 48.1 Å². The zero-order chi connectivity index (χ0) is 13.9. The molecule has 0 unspecified atom stereocenters. The van der Waals surface area contributed by atoms with Gasteiger partial charge in [-0.3, -0.25) is 4.98 Å². The zero-order valence-corrected chi connectivity index (χ0v) is 12.3. The molecular weight excluding hydrogens is 316 g/mol. The summed E-state index contributed by atoms with van der Waals surface area (Å²) in [5.41, 5.74) is 8.53. The molecule has 1 heterocycles. The second kappa shape index (κ2) is 5.51. The molecule has 0 radical (unpaired) electrons. The largest absolute Gasteiger partial charge is 0.488 e. The Labute approximate surface area is 125 Å². The van der Waals surface area contributed by atoms with Gasteiger partial charge in [0.1, 0.15) is 12.4 Å². The van der Waals surface area contributed by atoms with Crippen LogP contribution in [0.2, 0.25) is 0 Å². The Kier molecular flexibility index (Phi) is 3.56. The molecule has 0 atom stereocenters. The van der Waals surface area contributed by atoms with E-state index in [9.17, 15) is 0 Å². The molecule has 0 aliphatic carbocycles. The second-order valence-electron chi connectivity index (χ2n) is 4.44. The van der Waals surface area contributed by atoms with Crippen LogP contribution in [0.15, 0.2) is 59.2 Å². The fraction of sp³-hybridized carbons (Fsp3) is 0.0625. The van der Waals surface area contributed by atoms with Gasteiger partial charge in [0, 0.05) is 22.8 Å². The van der Waals surface area contributed by atoms with Crippen LogP contribution in [0.5, 0.6) is 5.75 Å². The third kappa shape index (κ3) is 2.47. The van der Waals surface area contributed by atoms with Gasteiger partial charge < -0.3 is 10.5 Å². The summed E-state index contributed by atoms with van der Waals surface area (Å²) in [5, 5.41) is 1.11. The van der Waals surface area contributed by atoms with Crippen LogP contribution in [0.3, 0.4) is 0 Å². The number of nitrogens with two attached hydrogens (primary N) is 1. The molecule has 2 aromatic carbocycles. The third-order valence-corrected chi connectivity index (χ3v) is 3.94. The van der Waals surface area contributed by atoms with Crippen LogP contribution in [0.4, 0.5) is 5.69 Å². The van der Waals surface area contributed by atoms with Gasteiger partial charge in [-0.2, -0.15) is 0 Å². The lowest BCUT2D eigenvalue weighted by Crippen LogP contribution is -1.99. The lowest BCUT2D eigenvalue weighted by molar-refractivity contribution is 0.305. The molecule has 0 aliphatic heterocycles. The molecule has 0 bridgehead atoms. The number of pyridine rings is 1. The zero-order valence-electron chi connectivity index (χ0n) is 10.7. The number of hydrogen-bond donors (Lipinski definition) is 1. The van der Waals surface area contributed by atoms with E-state index in [2.05, 4.69) is 20.9 Å². The van der Waals surface area contributed by atoms with Gasteiger partial charge in [0.25, 0.3) is 0 Å². The van der Waals surface area contributed by atoms with Crippen molar-refractivity contribution in [2.24, 2.45) is 0 Å². The van der Waals surface area contributed by atoms with Gasteiger partial charge in [0.05, 0.1) is 9.99 Å². The van der Waals surface area contributed by atoms with Gasteiger partial charge in [0.15, 0.2) is 0 Å². The normalized spacial score (nSPS) is 10.7. The number of benzene rings is 2. The molecule has 3 aromatic rings. The van der Waals surface area contributed by atoms with Gasteiger partial charge >= 0.3 is 0 Å². The number of nitrogens with zero attached hydrogens (tertiary/aromatic N) is 1. The minimum absolute atomic E-state index is 0.455. The number of nitrogen functional groups attached to an aromatic ring is 1. The highest BCUT2D eigenvalue weighted by Crippen LogP contribution is 2.31. The van der Waals surface area contributed by atoms with E-state index in [1.54, 1.807) is 6.20 Å². The van der Waals surface area contributed by atoms with Crippen LogP contribution in [-0.4, -0.2) is 4.98 Å². The van der Waals surface area contributed by atoms with Crippen molar-refractivity contribution in [1.29, 1.82) is 0 Å². The molecule has 3 rings (SSSR count). The van der Waals surface area contributed by atoms with E-state index in [-0.39, 0.29) is 0 Å². The van der Waals surface area contributed by atoms with Crippen molar-refractivity contribution in [2.75, 3.05) is 5.73 Å². The first-order chi connectivity index (χ1) is 9.75. The quantitative estimate of drug-likeness (QED) is 0.734. The number of rotatable bonds is 3. The van der Waals surface area contributed by atoms with E-state index in [0.717, 1.165) is 26.7 Å². The number of aromatic nitrogens is 1. The lowest BCUT2D eigenvalue weighted by atomic mass is 10.1. The van der Waals surface area contributed by atoms with Crippen LogP contribution >= 0.6 is 15.9 Å². The summed E-state index contributed by atoms with van der Waals surface area (Å²) in [6, 6.07) is 15.6. The van der Waals surface area contributed by atoms with Crippen LogP contribution in [-0.2, 0) is 6.61 Å². The molecule has 0 spiro atoms. The SMILES string of the molecule is Nc1cccc(OCc2cccc3cccnc23)c1Br. The van der Waals surface area contributed by atoms with E-state index < -0.39 is 0 Å². The smallest absolute Gasteiger partial charge is 0.136 e. The standard InChI is InChI=1S/C16H13BrN2O/c17-15-13(18)7-2-8-14(15)20-10-12-5-1-4-11-6-3-9-19-16(11)12/h1-9H,10,18H2. The van der Waals surface area contributed by atoms with Gasteiger partial charge in [-0.25, -0.2) is 0 Å². The molecule has 3 nitrogen and oxygen atoms in total. The van der Waals surface area contributed by atoms with Crippen LogP contribution < -0.4 is 10.5 Å². The Balaban J connectivity index is 1.89. The van der Waals surface area contributed by atoms with Crippen molar-refractivity contribution in [3.05, 3.63) is 64.8 Å². The lowest BCUT2D eigenvalue weighted by Gasteiger charge is -2.11. The first kappa shape index (κ1) is 12.9. The number of ether oxygens (including phenoxy) is 1. The monoisotopic (exact) mass is 328 g/mol. The number of halogens is 1. The van der Waals surface area contributed by atoms with Crippen molar-refractivity contribution in [3.63, 3.8) is 0 Å². The Hall–Kier alpha value is -2.07. The van der Waals surface area contributed by atoms with Gasteiger partial charge in [-0.1, -0.05) is 30.3 Å². The molecule has 4 heteroatoms. The number of para-hydroxylation sites is 1. The van der Waals surface area contributed by atoms with Crippen molar-refractivity contribution < 1.29 is 4.74 Å². The van der Waals surface area contributed by atoms with Crippen molar-refractivity contribution in [3.8, 4) is 5.75 Å². The molecule has 0 aliphatic rings. The maximum atomic E-state index is 5.84. The second-order valence-corrected chi connectivity index (χ2v) is 5.23. The fourth-order valence-electron chi connectivity index (χ4n) is 2.08. The first-order valence-electron chi connectivity index (χ1n) is 6.25. The van der Waals surface area contributed by atoms with E-state index in [0.29, 0.717) is 12.3 Å². The van der Waals surface area contributed by atoms with Crippen LogP contribution in [0.25, 0.3) is 10.9 Å². The first-order valence-corrected chi connectivity index (χ1v) is 7.04. The molecule has 2 N–H and O–H groups in total. The molecule has 0 saturated carbocycles. The maximum Gasteiger partial charge on any atom is 0.136 e. The summed E-state index contributed by atoms with van der Waals surface area (Å²) in [6.45, 7) is 0.455. The van der Waals surface area contributed by atoms with Crippen LogP contribution in [0, 0.1) is 0 Å². The minimum atomic E-state index is 0.455. The molecule has 0 fully saturated rings. The molecule has 1 aromatic heterocycles. The highest BCUT2D eigenvalue weighted by Gasteiger charge is 2.06. The van der Waals surface area contributed by atoms with Gasteiger partial charge in [0.2, 0.25) is 0 Å².